The summed E-state index contributed by atoms with van der Waals surface area (Å²) in [7, 11) is 0. The van der Waals surface area contributed by atoms with Gasteiger partial charge in [-0.15, -0.1) is 0 Å². The van der Waals surface area contributed by atoms with Crippen LogP contribution in [0.1, 0.15) is 28.8 Å². The van der Waals surface area contributed by atoms with E-state index in [2.05, 4.69) is 33.4 Å². The van der Waals surface area contributed by atoms with Crippen molar-refractivity contribution in [1.29, 1.82) is 0 Å². The molecule has 24 heavy (non-hydrogen) atoms. The van der Waals surface area contributed by atoms with Crippen LogP contribution in [0.2, 0.25) is 0 Å². The SMILES string of the molecule is O=C(NCC1CCCO1)c1cncc(N2CCc3ccccc32)c1. The van der Waals surface area contributed by atoms with Gasteiger partial charge in [-0.05, 0) is 37.0 Å². The zero-order chi connectivity index (χ0) is 16.4. The molecule has 0 saturated carbocycles. The number of amides is 1. The number of para-hydroxylation sites is 1. The summed E-state index contributed by atoms with van der Waals surface area (Å²) in [5, 5.41) is 2.96. The Bertz CT molecular complexity index is 741. The van der Waals surface area contributed by atoms with Crippen LogP contribution in [0.25, 0.3) is 0 Å². The maximum Gasteiger partial charge on any atom is 0.253 e. The van der Waals surface area contributed by atoms with Crippen LogP contribution in [0.4, 0.5) is 11.4 Å². The fraction of sp³-hybridized carbons (Fsp3) is 0.368. The number of pyridine rings is 1. The average Bonchev–Trinajstić information content (AvgIpc) is 3.29. The predicted molar refractivity (Wildman–Crippen MR) is 92.7 cm³/mol. The number of benzene rings is 1. The molecule has 2 aliphatic heterocycles. The van der Waals surface area contributed by atoms with Gasteiger partial charge in [0.1, 0.15) is 0 Å². The first-order valence-electron chi connectivity index (χ1n) is 8.51. The number of anilines is 2. The van der Waals surface area contributed by atoms with Crippen molar-refractivity contribution in [2.45, 2.75) is 25.4 Å². The molecule has 1 unspecified atom stereocenters. The Kier molecular flexibility index (Phi) is 4.17. The van der Waals surface area contributed by atoms with Gasteiger partial charge in [0, 0.05) is 31.6 Å². The lowest BCUT2D eigenvalue weighted by molar-refractivity contribution is 0.0857. The van der Waals surface area contributed by atoms with Crippen molar-refractivity contribution in [3.63, 3.8) is 0 Å². The standard InChI is InChI=1S/C19H21N3O2/c23-19(21-13-17-5-3-9-24-17)15-10-16(12-20-11-15)22-8-7-14-4-1-2-6-18(14)22/h1-2,4,6,10-12,17H,3,5,7-9,13H2,(H,21,23). The van der Waals surface area contributed by atoms with Crippen LogP contribution >= 0.6 is 0 Å². The lowest BCUT2D eigenvalue weighted by Gasteiger charge is -2.19. The number of rotatable bonds is 4. The van der Waals surface area contributed by atoms with Crippen molar-refractivity contribution in [3.8, 4) is 0 Å². The number of nitrogens with zero attached hydrogens (tertiary/aromatic N) is 2. The molecule has 2 aromatic rings. The van der Waals surface area contributed by atoms with Crippen molar-refractivity contribution >= 4 is 17.3 Å². The van der Waals surface area contributed by atoms with Crippen molar-refractivity contribution in [2.75, 3.05) is 24.6 Å². The minimum absolute atomic E-state index is 0.0904. The predicted octanol–water partition coefficient (Wildman–Crippen LogP) is 2.68. The molecule has 1 aromatic heterocycles. The van der Waals surface area contributed by atoms with Gasteiger partial charge < -0.3 is 15.0 Å². The highest BCUT2D eigenvalue weighted by Crippen LogP contribution is 2.34. The van der Waals surface area contributed by atoms with Crippen molar-refractivity contribution in [2.24, 2.45) is 0 Å². The third-order valence-corrected chi connectivity index (χ3v) is 4.70. The second kappa shape index (κ2) is 6.61. The number of hydrogen-bond acceptors (Lipinski definition) is 4. The Hall–Kier alpha value is -2.40. The largest absolute Gasteiger partial charge is 0.376 e. The first-order valence-corrected chi connectivity index (χ1v) is 8.51. The first kappa shape index (κ1) is 15.1. The van der Waals surface area contributed by atoms with E-state index >= 15 is 0 Å². The van der Waals surface area contributed by atoms with Crippen molar-refractivity contribution in [1.82, 2.24) is 10.3 Å². The number of aromatic nitrogens is 1. The third kappa shape index (κ3) is 2.99. The Morgan fingerprint density at radius 2 is 2.25 bits per heavy atom. The van der Waals surface area contributed by atoms with Gasteiger partial charge in [-0.25, -0.2) is 0 Å². The summed E-state index contributed by atoms with van der Waals surface area (Å²) in [6.45, 7) is 2.28. The summed E-state index contributed by atoms with van der Waals surface area (Å²) in [5.41, 5.74) is 4.10. The van der Waals surface area contributed by atoms with E-state index in [1.54, 1.807) is 6.20 Å². The molecule has 1 atom stereocenters. The lowest BCUT2D eigenvalue weighted by Crippen LogP contribution is -2.31. The third-order valence-electron chi connectivity index (χ3n) is 4.70. The van der Waals surface area contributed by atoms with Gasteiger partial charge in [0.2, 0.25) is 0 Å². The quantitative estimate of drug-likeness (QED) is 0.940. The molecule has 1 fully saturated rings. The minimum atomic E-state index is -0.0904. The van der Waals surface area contributed by atoms with Crippen LogP contribution < -0.4 is 10.2 Å². The molecule has 1 aromatic carbocycles. The summed E-state index contributed by atoms with van der Waals surface area (Å²) in [6, 6.07) is 10.3. The van der Waals surface area contributed by atoms with E-state index in [0.29, 0.717) is 12.1 Å². The highest BCUT2D eigenvalue weighted by atomic mass is 16.5. The summed E-state index contributed by atoms with van der Waals surface area (Å²) in [4.78, 5) is 18.9. The van der Waals surface area contributed by atoms with Crippen LogP contribution in [0.15, 0.2) is 42.7 Å². The van der Waals surface area contributed by atoms with Gasteiger partial charge in [0.05, 0.1) is 23.6 Å². The normalized spacial score (nSPS) is 19.3. The number of hydrogen-bond donors (Lipinski definition) is 1. The molecular formula is C19H21N3O2. The van der Waals surface area contributed by atoms with Gasteiger partial charge in [-0.1, -0.05) is 18.2 Å². The van der Waals surface area contributed by atoms with E-state index < -0.39 is 0 Å². The van der Waals surface area contributed by atoms with E-state index in [0.717, 1.165) is 38.1 Å². The maximum absolute atomic E-state index is 12.4. The van der Waals surface area contributed by atoms with Gasteiger partial charge in [0.15, 0.2) is 0 Å². The molecule has 1 N–H and O–H groups in total. The molecule has 1 saturated heterocycles. The molecule has 0 aliphatic carbocycles. The van der Waals surface area contributed by atoms with Crippen LogP contribution in [0.3, 0.4) is 0 Å². The molecule has 1 amide bonds. The van der Waals surface area contributed by atoms with Gasteiger partial charge in [-0.3, -0.25) is 9.78 Å². The zero-order valence-corrected chi connectivity index (χ0v) is 13.6. The molecule has 3 heterocycles. The molecule has 4 rings (SSSR count). The number of fused-ring (bicyclic) bond motifs is 1. The highest BCUT2D eigenvalue weighted by molar-refractivity contribution is 5.95. The van der Waals surface area contributed by atoms with E-state index in [9.17, 15) is 4.79 Å². The van der Waals surface area contributed by atoms with E-state index in [1.165, 1.54) is 11.3 Å². The molecule has 5 nitrogen and oxygen atoms in total. The van der Waals surface area contributed by atoms with Crippen molar-refractivity contribution in [3.05, 3.63) is 53.9 Å². The van der Waals surface area contributed by atoms with Crippen molar-refractivity contribution < 1.29 is 9.53 Å². The number of ether oxygens (including phenoxy) is 1. The maximum atomic E-state index is 12.4. The smallest absolute Gasteiger partial charge is 0.253 e. The Labute approximate surface area is 141 Å². The zero-order valence-electron chi connectivity index (χ0n) is 13.6. The average molecular weight is 323 g/mol. The van der Waals surface area contributed by atoms with Crippen LogP contribution in [-0.4, -0.2) is 36.7 Å². The van der Waals surface area contributed by atoms with Crippen LogP contribution in [0.5, 0.6) is 0 Å². The molecular weight excluding hydrogens is 302 g/mol. The van der Waals surface area contributed by atoms with Crippen LogP contribution in [-0.2, 0) is 11.2 Å². The van der Waals surface area contributed by atoms with Crippen LogP contribution in [0, 0.1) is 0 Å². The number of carbonyl (C=O) groups is 1. The summed E-state index contributed by atoms with van der Waals surface area (Å²) >= 11 is 0. The second-order valence-electron chi connectivity index (χ2n) is 6.31. The first-order chi connectivity index (χ1) is 11.8. The Morgan fingerprint density at radius 1 is 1.33 bits per heavy atom. The van der Waals surface area contributed by atoms with Gasteiger partial charge in [0.25, 0.3) is 5.91 Å². The van der Waals surface area contributed by atoms with E-state index in [-0.39, 0.29) is 12.0 Å². The summed E-state index contributed by atoms with van der Waals surface area (Å²) in [6.07, 6.45) is 6.70. The van der Waals surface area contributed by atoms with Gasteiger partial charge in [-0.2, -0.15) is 0 Å². The fourth-order valence-electron chi connectivity index (χ4n) is 3.42. The van der Waals surface area contributed by atoms with E-state index in [4.69, 9.17) is 4.74 Å². The van der Waals surface area contributed by atoms with Gasteiger partial charge >= 0.3 is 0 Å². The minimum Gasteiger partial charge on any atom is -0.376 e. The highest BCUT2D eigenvalue weighted by Gasteiger charge is 2.21. The number of carbonyl (C=O) groups excluding carboxylic acids is 1. The fourth-order valence-corrected chi connectivity index (χ4v) is 3.42. The lowest BCUT2D eigenvalue weighted by atomic mass is 10.2. The summed E-state index contributed by atoms with van der Waals surface area (Å²) < 4.78 is 5.54. The second-order valence-corrected chi connectivity index (χ2v) is 6.31. The molecule has 0 radical (unpaired) electrons. The molecule has 5 heteroatoms. The molecule has 124 valence electrons. The Balaban J connectivity index is 1.48. The molecule has 2 aliphatic rings. The number of nitrogens with one attached hydrogen (secondary N) is 1. The monoisotopic (exact) mass is 323 g/mol. The Morgan fingerprint density at radius 3 is 3.12 bits per heavy atom. The van der Waals surface area contributed by atoms with E-state index in [1.807, 2.05) is 18.3 Å². The topological polar surface area (TPSA) is 54.5 Å². The molecule has 0 bridgehead atoms. The summed E-state index contributed by atoms with van der Waals surface area (Å²) in [5.74, 6) is -0.0904. The molecule has 0 spiro atoms.